The second-order valence-electron chi connectivity index (χ2n) is 2.79. The molecule has 0 aromatic carbocycles. The van der Waals surface area contributed by atoms with Gasteiger partial charge < -0.3 is 5.73 Å². The Labute approximate surface area is 62.1 Å². The van der Waals surface area contributed by atoms with Gasteiger partial charge in [0.2, 0.25) is 5.96 Å². The van der Waals surface area contributed by atoms with Gasteiger partial charge in [0.25, 0.3) is 0 Å². The van der Waals surface area contributed by atoms with Gasteiger partial charge in [0, 0.05) is 0 Å². The first-order chi connectivity index (χ1) is 4.52. The summed E-state index contributed by atoms with van der Waals surface area (Å²) in [5.41, 5.74) is 5.25. The van der Waals surface area contributed by atoms with Gasteiger partial charge >= 0.3 is 0 Å². The van der Waals surface area contributed by atoms with Gasteiger partial charge in [-0.3, -0.25) is 0 Å². The molecular weight excluding hydrogens is 126 g/mol. The number of nitrogens with two attached hydrogens (primary N) is 1. The molecule has 0 saturated heterocycles. The molecule has 10 heavy (non-hydrogen) atoms. The summed E-state index contributed by atoms with van der Waals surface area (Å²) in [4.78, 5) is 7.61. The van der Waals surface area contributed by atoms with Crippen molar-refractivity contribution in [2.24, 2.45) is 15.7 Å². The third-order valence-corrected chi connectivity index (χ3v) is 1.44. The molecule has 2 N–H and O–H groups in total. The lowest BCUT2D eigenvalue weighted by molar-refractivity contribution is 0.504. The van der Waals surface area contributed by atoms with Crippen LogP contribution in [0.25, 0.3) is 0 Å². The van der Waals surface area contributed by atoms with Crippen LogP contribution in [0.4, 0.5) is 0 Å². The number of hydrogen-bond donors (Lipinski definition) is 1. The predicted octanol–water partition coefficient (Wildman–Crippen LogP) is 1.19. The van der Waals surface area contributed by atoms with Crippen LogP contribution in [-0.4, -0.2) is 18.2 Å². The Hall–Kier alpha value is -0.860. The fourth-order valence-electron chi connectivity index (χ4n) is 0.425. The van der Waals surface area contributed by atoms with Gasteiger partial charge in [0.15, 0.2) is 0 Å². The maximum absolute atomic E-state index is 5.36. The topological polar surface area (TPSA) is 50.7 Å². The zero-order valence-electron chi connectivity index (χ0n) is 6.89. The summed E-state index contributed by atoms with van der Waals surface area (Å²) in [6, 6.07) is 0. The van der Waals surface area contributed by atoms with Crippen LogP contribution in [0, 0.1) is 0 Å². The van der Waals surface area contributed by atoms with E-state index in [1.54, 1.807) is 0 Å². The monoisotopic (exact) mass is 141 g/mol. The molecule has 3 nitrogen and oxygen atoms in total. The Morgan fingerprint density at radius 1 is 1.60 bits per heavy atom. The average molecular weight is 141 g/mol. The van der Waals surface area contributed by atoms with Gasteiger partial charge in [-0.25, -0.2) is 9.98 Å². The summed E-state index contributed by atoms with van der Waals surface area (Å²) < 4.78 is 0. The maximum atomic E-state index is 5.36. The Morgan fingerprint density at radius 3 is 2.40 bits per heavy atom. The molecule has 0 aromatic rings. The average Bonchev–Trinajstić information content (AvgIpc) is 1.87. The number of rotatable bonds is 2. The molecule has 0 aliphatic rings. The minimum Gasteiger partial charge on any atom is -0.368 e. The third-order valence-electron chi connectivity index (χ3n) is 1.44. The van der Waals surface area contributed by atoms with Crippen molar-refractivity contribution in [3.8, 4) is 0 Å². The van der Waals surface area contributed by atoms with Crippen molar-refractivity contribution < 1.29 is 0 Å². The van der Waals surface area contributed by atoms with E-state index in [0.717, 1.165) is 6.42 Å². The van der Waals surface area contributed by atoms with Crippen molar-refractivity contribution in [1.82, 2.24) is 0 Å². The van der Waals surface area contributed by atoms with Crippen LogP contribution in [0.2, 0.25) is 0 Å². The first kappa shape index (κ1) is 9.14. The quantitative estimate of drug-likeness (QED) is 0.455. The van der Waals surface area contributed by atoms with E-state index >= 15 is 0 Å². The highest BCUT2D eigenvalue weighted by Gasteiger charge is 2.12. The molecule has 0 saturated carbocycles. The van der Waals surface area contributed by atoms with Gasteiger partial charge in [-0.15, -0.1) is 0 Å². The highest BCUT2D eigenvalue weighted by molar-refractivity contribution is 5.82. The molecule has 0 atom stereocenters. The van der Waals surface area contributed by atoms with Crippen molar-refractivity contribution in [2.45, 2.75) is 32.7 Å². The summed E-state index contributed by atoms with van der Waals surface area (Å²) in [6.45, 7) is 9.34. The van der Waals surface area contributed by atoms with E-state index in [9.17, 15) is 0 Å². The first-order valence-electron chi connectivity index (χ1n) is 3.34. The van der Waals surface area contributed by atoms with E-state index in [-0.39, 0.29) is 11.5 Å². The third kappa shape index (κ3) is 3.22. The molecule has 0 rings (SSSR count). The van der Waals surface area contributed by atoms with Gasteiger partial charge in [-0.2, -0.15) is 0 Å². The maximum Gasteiger partial charge on any atom is 0.215 e. The summed E-state index contributed by atoms with van der Waals surface area (Å²) in [6.07, 6.45) is 0.948. The minimum absolute atomic E-state index is 0.106. The first-order valence-corrected chi connectivity index (χ1v) is 3.34. The molecular formula is C7H15N3. The van der Waals surface area contributed by atoms with Gasteiger partial charge in [0.1, 0.15) is 0 Å². The van der Waals surface area contributed by atoms with Crippen molar-refractivity contribution in [3.63, 3.8) is 0 Å². The van der Waals surface area contributed by atoms with E-state index in [2.05, 4.69) is 23.6 Å². The Kier molecular flexibility index (Phi) is 3.06. The van der Waals surface area contributed by atoms with Crippen LogP contribution >= 0.6 is 0 Å². The fraction of sp³-hybridized carbons (Fsp3) is 0.714. The molecule has 0 aliphatic heterocycles. The van der Waals surface area contributed by atoms with Crippen LogP contribution in [0.15, 0.2) is 9.98 Å². The van der Waals surface area contributed by atoms with Gasteiger partial charge in [-0.05, 0) is 27.0 Å². The fourth-order valence-corrected chi connectivity index (χ4v) is 0.425. The number of nitrogens with zero attached hydrogens (tertiary/aromatic N) is 2. The van der Waals surface area contributed by atoms with E-state index in [1.807, 2.05) is 13.8 Å². The van der Waals surface area contributed by atoms with Crippen LogP contribution in [-0.2, 0) is 0 Å². The molecule has 3 heteroatoms. The van der Waals surface area contributed by atoms with E-state index < -0.39 is 0 Å². The molecule has 0 aromatic heterocycles. The van der Waals surface area contributed by atoms with Gasteiger partial charge in [-0.1, -0.05) is 6.92 Å². The largest absolute Gasteiger partial charge is 0.368 e. The lowest BCUT2D eigenvalue weighted by Crippen LogP contribution is -2.21. The van der Waals surface area contributed by atoms with Crippen molar-refractivity contribution >= 4 is 12.7 Å². The van der Waals surface area contributed by atoms with Crippen molar-refractivity contribution in [2.75, 3.05) is 0 Å². The standard InChI is InChI=1S/C7H15N3/c1-5-7(2,3)10-6(8)9-4/h4-5H2,1-3H3,(H2,8,10). The van der Waals surface area contributed by atoms with Crippen molar-refractivity contribution in [3.05, 3.63) is 0 Å². The molecule has 0 spiro atoms. The lowest BCUT2D eigenvalue weighted by atomic mass is 10.0. The molecule has 0 fully saturated rings. The van der Waals surface area contributed by atoms with Crippen LogP contribution < -0.4 is 5.73 Å². The molecule has 0 amide bonds. The highest BCUT2D eigenvalue weighted by Crippen LogP contribution is 2.12. The van der Waals surface area contributed by atoms with Crippen LogP contribution in [0.1, 0.15) is 27.2 Å². The number of hydrogen-bond acceptors (Lipinski definition) is 1. The summed E-state index contributed by atoms with van der Waals surface area (Å²) >= 11 is 0. The second kappa shape index (κ2) is 3.34. The molecule has 0 aliphatic carbocycles. The molecule has 0 unspecified atom stereocenters. The summed E-state index contributed by atoms with van der Waals surface area (Å²) in [5, 5.41) is 0. The molecule has 0 bridgehead atoms. The normalized spacial score (nSPS) is 13.3. The zero-order valence-corrected chi connectivity index (χ0v) is 6.89. The summed E-state index contributed by atoms with van der Waals surface area (Å²) in [5.74, 6) is 0.270. The van der Waals surface area contributed by atoms with Crippen molar-refractivity contribution in [1.29, 1.82) is 0 Å². The SMILES string of the molecule is C=N/C(N)=N\C(C)(C)CC. The molecule has 58 valence electrons. The van der Waals surface area contributed by atoms with E-state index in [4.69, 9.17) is 5.73 Å². The van der Waals surface area contributed by atoms with E-state index in [1.165, 1.54) is 0 Å². The Balaban J connectivity index is 4.22. The Morgan fingerprint density at radius 2 is 2.10 bits per heavy atom. The summed E-state index contributed by atoms with van der Waals surface area (Å²) in [7, 11) is 0. The van der Waals surface area contributed by atoms with Crippen LogP contribution in [0.5, 0.6) is 0 Å². The highest BCUT2D eigenvalue weighted by atomic mass is 15.0. The Bertz CT molecular complexity index is 147. The molecule has 0 radical (unpaired) electrons. The number of guanidine groups is 1. The van der Waals surface area contributed by atoms with Crippen LogP contribution in [0.3, 0.4) is 0 Å². The number of aliphatic imine (C=N–C) groups is 2. The smallest absolute Gasteiger partial charge is 0.215 e. The minimum atomic E-state index is -0.106. The second-order valence-corrected chi connectivity index (χ2v) is 2.79. The van der Waals surface area contributed by atoms with Gasteiger partial charge in [0.05, 0.1) is 5.54 Å². The molecule has 0 heterocycles. The van der Waals surface area contributed by atoms with E-state index in [0.29, 0.717) is 0 Å². The lowest BCUT2D eigenvalue weighted by Gasteiger charge is -2.16. The predicted molar refractivity (Wildman–Crippen MR) is 45.5 cm³/mol. The zero-order chi connectivity index (χ0) is 8.20.